The topological polar surface area (TPSA) is 124 Å². The summed E-state index contributed by atoms with van der Waals surface area (Å²) in [4.78, 5) is 12.7. The molecule has 2 heterocycles. The number of carbonyl (C=O) groups excluding carboxylic acids is 1. The van der Waals surface area contributed by atoms with Crippen molar-refractivity contribution >= 4 is 21.9 Å². The minimum absolute atomic E-state index is 0.0468. The highest BCUT2D eigenvalue weighted by molar-refractivity contribution is 7.89. The molecule has 1 aliphatic rings. The van der Waals surface area contributed by atoms with E-state index in [1.807, 2.05) is 32.0 Å². The van der Waals surface area contributed by atoms with Crippen LogP contribution >= 0.6 is 0 Å². The number of ether oxygens (including phenoxy) is 2. The second-order valence-corrected chi connectivity index (χ2v) is 9.69. The van der Waals surface area contributed by atoms with E-state index in [0.717, 1.165) is 18.4 Å². The van der Waals surface area contributed by atoms with Gasteiger partial charge in [-0.05, 0) is 54.8 Å². The van der Waals surface area contributed by atoms with Gasteiger partial charge in [0.05, 0.1) is 11.3 Å². The molecule has 4 rings (SSSR count). The minimum Gasteiger partial charge on any atom is -0.454 e. The molecule has 0 fully saturated rings. The Hall–Kier alpha value is -3.44. The van der Waals surface area contributed by atoms with Crippen LogP contribution in [-0.4, -0.2) is 48.7 Å². The Morgan fingerprint density at radius 3 is 2.41 bits per heavy atom. The van der Waals surface area contributed by atoms with Crippen molar-refractivity contribution in [2.45, 2.75) is 38.0 Å². The predicted molar refractivity (Wildman–Crippen MR) is 123 cm³/mol. The Kier molecular flexibility index (Phi) is 7.13. The maximum absolute atomic E-state index is 12.9. The summed E-state index contributed by atoms with van der Waals surface area (Å²) in [6.45, 7) is 4.96. The van der Waals surface area contributed by atoms with E-state index < -0.39 is 15.9 Å². The summed E-state index contributed by atoms with van der Waals surface area (Å²) in [5.74, 6) is 1.18. The highest BCUT2D eigenvalue weighted by Crippen LogP contribution is 2.33. The molecule has 0 bridgehead atoms. The zero-order valence-corrected chi connectivity index (χ0v) is 19.8. The van der Waals surface area contributed by atoms with Gasteiger partial charge in [-0.3, -0.25) is 10.1 Å². The number of hydrogen-bond acceptors (Lipinski definition) is 8. The first-order valence-corrected chi connectivity index (χ1v) is 12.5. The van der Waals surface area contributed by atoms with E-state index in [2.05, 4.69) is 15.5 Å². The first kappa shape index (κ1) is 23.7. The average Bonchev–Trinajstić information content (AvgIpc) is 3.48. The van der Waals surface area contributed by atoms with Crippen LogP contribution < -0.4 is 14.8 Å². The Balaban J connectivity index is 1.40. The second-order valence-electron chi connectivity index (χ2n) is 7.75. The highest BCUT2D eigenvalue weighted by Gasteiger charge is 2.23. The monoisotopic (exact) mass is 486 g/mol. The van der Waals surface area contributed by atoms with Gasteiger partial charge >= 0.3 is 6.01 Å². The van der Waals surface area contributed by atoms with Crippen LogP contribution in [-0.2, 0) is 16.4 Å². The smallest absolute Gasteiger partial charge is 0.322 e. The average molecular weight is 487 g/mol. The molecule has 34 heavy (non-hydrogen) atoms. The molecule has 3 aromatic rings. The Bertz CT molecular complexity index is 1250. The van der Waals surface area contributed by atoms with Gasteiger partial charge in [0.15, 0.2) is 11.5 Å². The van der Waals surface area contributed by atoms with Crippen LogP contribution in [0.5, 0.6) is 11.5 Å². The molecule has 0 aliphatic carbocycles. The number of anilines is 1. The predicted octanol–water partition coefficient (Wildman–Crippen LogP) is 3.45. The van der Waals surface area contributed by atoms with E-state index in [0.29, 0.717) is 36.9 Å². The SMILES string of the molecule is CCCN(CCC)S(=O)(=O)c1ccc(C(=O)Nc2nnc(Cc3ccc4c(c3)OCO4)o2)cc1. The van der Waals surface area contributed by atoms with Gasteiger partial charge in [0.25, 0.3) is 5.91 Å². The summed E-state index contributed by atoms with van der Waals surface area (Å²) in [5, 5.41) is 10.4. The molecule has 0 saturated carbocycles. The Morgan fingerprint density at radius 1 is 1.00 bits per heavy atom. The van der Waals surface area contributed by atoms with Crippen molar-refractivity contribution < 1.29 is 27.1 Å². The Morgan fingerprint density at radius 2 is 1.71 bits per heavy atom. The third-order valence-electron chi connectivity index (χ3n) is 5.18. The quantitative estimate of drug-likeness (QED) is 0.462. The van der Waals surface area contributed by atoms with Gasteiger partial charge in [0.1, 0.15) is 0 Å². The molecule has 0 unspecified atom stereocenters. The Labute approximate surface area is 197 Å². The molecular weight excluding hydrogens is 460 g/mol. The highest BCUT2D eigenvalue weighted by atomic mass is 32.2. The number of benzene rings is 2. The lowest BCUT2D eigenvalue weighted by molar-refractivity contribution is 0.102. The number of sulfonamides is 1. The fourth-order valence-electron chi connectivity index (χ4n) is 3.55. The van der Waals surface area contributed by atoms with Crippen LogP contribution in [0.1, 0.15) is 48.5 Å². The molecule has 1 aromatic heterocycles. The van der Waals surface area contributed by atoms with Gasteiger partial charge in [-0.1, -0.05) is 25.0 Å². The molecule has 2 aromatic carbocycles. The van der Waals surface area contributed by atoms with Crippen molar-refractivity contribution in [2.75, 3.05) is 25.2 Å². The standard InChI is InChI=1S/C23H26N4O6S/c1-3-11-27(12-4-2)34(29,30)18-8-6-17(7-9-18)22(28)24-23-26-25-21(33-23)14-16-5-10-19-20(13-16)32-15-31-19/h5-10,13H,3-4,11-12,14-15H2,1-2H3,(H,24,26,28). The third-order valence-corrected chi connectivity index (χ3v) is 7.09. The molecule has 0 radical (unpaired) electrons. The lowest BCUT2D eigenvalue weighted by Gasteiger charge is -2.21. The van der Waals surface area contributed by atoms with Crippen molar-refractivity contribution in [3.8, 4) is 11.5 Å². The fraction of sp³-hybridized carbons (Fsp3) is 0.348. The van der Waals surface area contributed by atoms with Gasteiger partial charge in [-0.15, -0.1) is 5.10 Å². The summed E-state index contributed by atoms with van der Waals surface area (Å²) < 4.78 is 43.4. The number of fused-ring (bicyclic) bond motifs is 1. The third kappa shape index (κ3) is 5.20. The van der Waals surface area contributed by atoms with E-state index in [4.69, 9.17) is 13.9 Å². The van der Waals surface area contributed by atoms with Crippen LogP contribution in [0.15, 0.2) is 51.8 Å². The van der Waals surface area contributed by atoms with Crippen molar-refractivity contribution in [1.82, 2.24) is 14.5 Å². The summed E-state index contributed by atoms with van der Waals surface area (Å²) in [6, 6.07) is 11.3. The van der Waals surface area contributed by atoms with Gasteiger partial charge in [-0.2, -0.15) is 4.31 Å². The molecule has 0 saturated heterocycles. The normalized spacial score (nSPS) is 12.8. The summed E-state index contributed by atoms with van der Waals surface area (Å²) in [7, 11) is -3.61. The zero-order valence-electron chi connectivity index (χ0n) is 19.0. The molecule has 0 atom stereocenters. The van der Waals surface area contributed by atoms with E-state index >= 15 is 0 Å². The molecule has 0 spiro atoms. The molecule has 1 amide bonds. The number of hydrogen-bond donors (Lipinski definition) is 1. The summed E-state index contributed by atoms with van der Waals surface area (Å²) in [5.41, 5.74) is 1.16. The lowest BCUT2D eigenvalue weighted by atomic mass is 10.1. The van der Waals surface area contributed by atoms with Gasteiger partial charge in [0, 0.05) is 18.7 Å². The first-order valence-electron chi connectivity index (χ1n) is 11.0. The maximum atomic E-state index is 12.9. The summed E-state index contributed by atoms with van der Waals surface area (Å²) >= 11 is 0. The molecule has 1 aliphatic heterocycles. The number of nitrogens with one attached hydrogen (secondary N) is 1. The van der Waals surface area contributed by atoms with Crippen LogP contribution in [0.3, 0.4) is 0 Å². The van der Waals surface area contributed by atoms with Crippen molar-refractivity contribution in [3.05, 3.63) is 59.5 Å². The molecular formula is C23H26N4O6S. The molecule has 180 valence electrons. The minimum atomic E-state index is -3.61. The van der Waals surface area contributed by atoms with Gasteiger partial charge < -0.3 is 13.9 Å². The zero-order chi connectivity index (χ0) is 24.1. The number of nitrogens with zero attached hydrogens (tertiary/aromatic N) is 3. The first-order chi connectivity index (χ1) is 16.4. The van der Waals surface area contributed by atoms with Crippen LogP contribution in [0.2, 0.25) is 0 Å². The van der Waals surface area contributed by atoms with E-state index in [1.54, 1.807) is 0 Å². The summed E-state index contributed by atoms with van der Waals surface area (Å²) in [6.07, 6.45) is 1.80. The van der Waals surface area contributed by atoms with Gasteiger partial charge in [-0.25, -0.2) is 8.42 Å². The van der Waals surface area contributed by atoms with E-state index in [1.165, 1.54) is 28.6 Å². The number of amides is 1. The number of aromatic nitrogens is 2. The molecule has 11 heteroatoms. The molecule has 10 nitrogen and oxygen atoms in total. The van der Waals surface area contributed by atoms with Crippen molar-refractivity contribution in [3.63, 3.8) is 0 Å². The fourth-order valence-corrected chi connectivity index (χ4v) is 5.17. The number of carbonyl (C=O) groups is 1. The lowest BCUT2D eigenvalue weighted by Crippen LogP contribution is -2.32. The van der Waals surface area contributed by atoms with Crippen LogP contribution in [0.4, 0.5) is 6.01 Å². The van der Waals surface area contributed by atoms with Crippen molar-refractivity contribution in [2.24, 2.45) is 0 Å². The molecule has 1 N–H and O–H groups in total. The number of rotatable bonds is 10. The van der Waals surface area contributed by atoms with E-state index in [-0.39, 0.29) is 23.3 Å². The van der Waals surface area contributed by atoms with Crippen LogP contribution in [0, 0.1) is 0 Å². The van der Waals surface area contributed by atoms with Crippen molar-refractivity contribution in [1.29, 1.82) is 0 Å². The maximum Gasteiger partial charge on any atom is 0.322 e. The van der Waals surface area contributed by atoms with Gasteiger partial charge in [0.2, 0.25) is 22.7 Å². The largest absolute Gasteiger partial charge is 0.454 e. The van der Waals surface area contributed by atoms with Crippen LogP contribution in [0.25, 0.3) is 0 Å². The van der Waals surface area contributed by atoms with E-state index in [9.17, 15) is 13.2 Å². The second kappa shape index (κ2) is 10.2.